The van der Waals surface area contributed by atoms with Crippen LogP contribution in [0.15, 0.2) is 36.7 Å². The van der Waals surface area contributed by atoms with Gasteiger partial charge in [0.2, 0.25) is 0 Å². The number of pyridine rings is 1. The Hall–Kier alpha value is -2.87. The van der Waals surface area contributed by atoms with E-state index in [0.29, 0.717) is 17.5 Å². The van der Waals surface area contributed by atoms with Gasteiger partial charge in [0, 0.05) is 17.9 Å². The van der Waals surface area contributed by atoms with Crippen molar-refractivity contribution < 1.29 is 0 Å². The maximum atomic E-state index is 9.08. The number of rotatable bonds is 4. The molecule has 4 rings (SSSR count). The summed E-state index contributed by atoms with van der Waals surface area (Å²) >= 11 is 0. The fourth-order valence-corrected chi connectivity index (χ4v) is 3.91. The van der Waals surface area contributed by atoms with Crippen molar-refractivity contribution >= 4 is 11.2 Å². The van der Waals surface area contributed by atoms with Crippen LogP contribution in [-0.2, 0) is 0 Å². The molecule has 1 N–H and O–H groups in total. The number of nitrogens with zero attached hydrogens (tertiary/aromatic N) is 4. The van der Waals surface area contributed by atoms with Gasteiger partial charge in [-0.2, -0.15) is 10.4 Å². The lowest BCUT2D eigenvalue weighted by molar-refractivity contribution is 0.462. The molecule has 0 unspecified atom stereocenters. The van der Waals surface area contributed by atoms with Gasteiger partial charge in [0.05, 0.1) is 28.7 Å². The van der Waals surface area contributed by atoms with Gasteiger partial charge in [0.1, 0.15) is 6.07 Å². The van der Waals surface area contributed by atoms with Gasteiger partial charge in [-0.05, 0) is 48.6 Å². The monoisotopic (exact) mass is 359 g/mol. The third-order valence-corrected chi connectivity index (χ3v) is 5.41. The van der Waals surface area contributed by atoms with Crippen LogP contribution in [0.2, 0.25) is 0 Å². The number of fused-ring (bicyclic) bond motifs is 1. The standard InChI is InChI=1S/C22H25N5/c1-15(2)19-14-24-21(11-20(19)26-17-6-4-3-5-7-17)22-9-8-18-10-16(12-23)13-25-27(18)22/h8-11,13-15,17H,3-7H2,1-2H3,(H,24,26). The smallest absolute Gasteiger partial charge is 0.101 e. The third-order valence-electron chi connectivity index (χ3n) is 5.41. The molecule has 0 aromatic carbocycles. The third kappa shape index (κ3) is 3.52. The summed E-state index contributed by atoms with van der Waals surface area (Å²) in [7, 11) is 0. The lowest BCUT2D eigenvalue weighted by Gasteiger charge is -2.26. The first-order chi connectivity index (χ1) is 13.2. The molecule has 27 heavy (non-hydrogen) atoms. The summed E-state index contributed by atoms with van der Waals surface area (Å²) in [6.45, 7) is 4.42. The van der Waals surface area contributed by atoms with E-state index in [-0.39, 0.29) is 0 Å². The van der Waals surface area contributed by atoms with E-state index in [1.54, 1.807) is 6.20 Å². The van der Waals surface area contributed by atoms with E-state index in [0.717, 1.165) is 16.9 Å². The molecule has 5 heteroatoms. The molecule has 1 saturated carbocycles. The second kappa shape index (κ2) is 7.40. The number of nitriles is 1. The number of nitrogens with one attached hydrogen (secondary N) is 1. The van der Waals surface area contributed by atoms with Crippen molar-refractivity contribution in [1.29, 1.82) is 5.26 Å². The number of hydrogen-bond acceptors (Lipinski definition) is 4. The molecule has 1 aliphatic carbocycles. The van der Waals surface area contributed by atoms with Gasteiger partial charge in [-0.1, -0.05) is 33.1 Å². The molecular formula is C22H25N5. The Kier molecular flexibility index (Phi) is 4.81. The van der Waals surface area contributed by atoms with E-state index >= 15 is 0 Å². The zero-order valence-corrected chi connectivity index (χ0v) is 15.9. The minimum Gasteiger partial charge on any atom is -0.382 e. The lowest BCUT2D eigenvalue weighted by Crippen LogP contribution is -2.23. The average molecular weight is 359 g/mol. The molecule has 3 aromatic heterocycles. The lowest BCUT2D eigenvalue weighted by atomic mass is 9.94. The normalized spacial score (nSPS) is 15.2. The van der Waals surface area contributed by atoms with Crippen molar-refractivity contribution in [3.05, 3.63) is 47.8 Å². The van der Waals surface area contributed by atoms with Gasteiger partial charge in [-0.3, -0.25) is 4.98 Å². The Morgan fingerprint density at radius 3 is 2.70 bits per heavy atom. The number of hydrogen-bond donors (Lipinski definition) is 1. The highest BCUT2D eigenvalue weighted by molar-refractivity contribution is 5.69. The maximum absolute atomic E-state index is 9.08. The van der Waals surface area contributed by atoms with Crippen LogP contribution >= 0.6 is 0 Å². The molecule has 138 valence electrons. The van der Waals surface area contributed by atoms with Crippen LogP contribution in [0.1, 0.15) is 63.0 Å². The largest absolute Gasteiger partial charge is 0.382 e. The van der Waals surface area contributed by atoms with Crippen molar-refractivity contribution in [3.63, 3.8) is 0 Å². The highest BCUT2D eigenvalue weighted by atomic mass is 15.2. The predicted octanol–water partition coefficient (Wildman–Crippen LogP) is 5.14. The summed E-state index contributed by atoms with van der Waals surface area (Å²) in [5, 5.41) is 17.3. The van der Waals surface area contributed by atoms with Crippen LogP contribution in [0.3, 0.4) is 0 Å². The molecule has 0 aliphatic heterocycles. The highest BCUT2D eigenvalue weighted by Crippen LogP contribution is 2.31. The Labute approximate surface area is 160 Å². The zero-order valence-electron chi connectivity index (χ0n) is 15.9. The fraction of sp³-hybridized carbons (Fsp3) is 0.409. The molecule has 0 radical (unpaired) electrons. The Morgan fingerprint density at radius 1 is 1.15 bits per heavy atom. The van der Waals surface area contributed by atoms with E-state index < -0.39 is 0 Å². The van der Waals surface area contributed by atoms with Crippen molar-refractivity contribution in [2.24, 2.45) is 0 Å². The molecule has 1 fully saturated rings. The first-order valence-electron chi connectivity index (χ1n) is 9.80. The molecule has 0 atom stereocenters. The zero-order chi connectivity index (χ0) is 18.8. The maximum Gasteiger partial charge on any atom is 0.101 e. The molecule has 3 aromatic rings. The molecule has 1 aliphatic rings. The van der Waals surface area contributed by atoms with Crippen molar-refractivity contribution in [2.75, 3.05) is 5.32 Å². The molecule has 0 bridgehead atoms. The first kappa shape index (κ1) is 17.5. The van der Waals surface area contributed by atoms with Crippen LogP contribution in [-0.4, -0.2) is 20.6 Å². The predicted molar refractivity (Wildman–Crippen MR) is 108 cm³/mol. The minimum atomic E-state index is 0.415. The van der Waals surface area contributed by atoms with Gasteiger partial charge in [0.25, 0.3) is 0 Å². The van der Waals surface area contributed by atoms with Crippen molar-refractivity contribution in [3.8, 4) is 17.5 Å². The van der Waals surface area contributed by atoms with Gasteiger partial charge in [-0.15, -0.1) is 0 Å². The van der Waals surface area contributed by atoms with E-state index in [9.17, 15) is 0 Å². The fourth-order valence-electron chi connectivity index (χ4n) is 3.91. The van der Waals surface area contributed by atoms with Gasteiger partial charge >= 0.3 is 0 Å². The quantitative estimate of drug-likeness (QED) is 0.701. The van der Waals surface area contributed by atoms with E-state index in [4.69, 9.17) is 10.2 Å². The van der Waals surface area contributed by atoms with Crippen molar-refractivity contribution in [2.45, 2.75) is 57.9 Å². The van der Waals surface area contributed by atoms with E-state index in [1.165, 1.54) is 43.4 Å². The summed E-state index contributed by atoms with van der Waals surface area (Å²) in [6, 6.07) is 10.7. The summed E-state index contributed by atoms with van der Waals surface area (Å²) in [5.74, 6) is 0.415. The molecule has 0 saturated heterocycles. The number of aromatic nitrogens is 3. The molecular weight excluding hydrogens is 334 g/mol. The van der Waals surface area contributed by atoms with Gasteiger partial charge in [-0.25, -0.2) is 4.52 Å². The topological polar surface area (TPSA) is 66.0 Å². The van der Waals surface area contributed by atoms with Crippen LogP contribution < -0.4 is 5.32 Å². The van der Waals surface area contributed by atoms with Crippen LogP contribution in [0.4, 0.5) is 5.69 Å². The first-order valence-corrected chi connectivity index (χ1v) is 9.80. The summed E-state index contributed by atoms with van der Waals surface area (Å²) < 4.78 is 1.85. The van der Waals surface area contributed by atoms with Crippen LogP contribution in [0, 0.1) is 11.3 Å². The van der Waals surface area contributed by atoms with E-state index in [1.807, 2.05) is 28.9 Å². The second-order valence-electron chi connectivity index (χ2n) is 7.70. The average Bonchev–Trinajstić information content (AvgIpc) is 3.11. The molecule has 0 spiro atoms. The summed E-state index contributed by atoms with van der Waals surface area (Å²) in [4.78, 5) is 4.72. The van der Waals surface area contributed by atoms with Gasteiger partial charge < -0.3 is 5.32 Å². The van der Waals surface area contributed by atoms with Crippen LogP contribution in [0.25, 0.3) is 16.9 Å². The van der Waals surface area contributed by atoms with Crippen molar-refractivity contribution in [1.82, 2.24) is 14.6 Å². The van der Waals surface area contributed by atoms with Crippen LogP contribution in [0.5, 0.6) is 0 Å². The SMILES string of the molecule is CC(C)c1cnc(-c2ccc3cc(C#N)cnn23)cc1NC1CCCCC1. The molecule has 0 amide bonds. The minimum absolute atomic E-state index is 0.415. The Balaban J connectivity index is 1.73. The number of anilines is 1. The Bertz CT molecular complexity index is 990. The van der Waals surface area contributed by atoms with Gasteiger partial charge in [0.15, 0.2) is 0 Å². The molecule has 5 nitrogen and oxygen atoms in total. The highest BCUT2D eigenvalue weighted by Gasteiger charge is 2.18. The summed E-state index contributed by atoms with van der Waals surface area (Å²) in [6.07, 6.45) is 10.0. The summed E-state index contributed by atoms with van der Waals surface area (Å²) in [5.41, 5.74) is 5.75. The molecule has 3 heterocycles. The van der Waals surface area contributed by atoms with E-state index in [2.05, 4.69) is 36.4 Å². The Morgan fingerprint density at radius 2 is 1.96 bits per heavy atom. The second-order valence-corrected chi connectivity index (χ2v) is 7.70.